The molecule has 0 unspecified atom stereocenters. The molecule has 3 aromatic rings. The highest BCUT2D eigenvalue weighted by Gasteiger charge is 2.31. The molecule has 0 saturated carbocycles. The zero-order valence-electron chi connectivity index (χ0n) is 15.1. The number of halogens is 1. The van der Waals surface area contributed by atoms with Crippen LogP contribution in [0.5, 0.6) is 0 Å². The summed E-state index contributed by atoms with van der Waals surface area (Å²) < 4.78 is 15.2. The maximum Gasteiger partial charge on any atom is 0.163 e. The van der Waals surface area contributed by atoms with E-state index in [2.05, 4.69) is 38.7 Å². The van der Waals surface area contributed by atoms with E-state index in [0.717, 1.165) is 36.7 Å². The highest BCUT2D eigenvalue weighted by atomic mass is 19.1. The molecule has 0 radical (unpaired) electrons. The van der Waals surface area contributed by atoms with Crippen molar-refractivity contribution in [2.45, 2.75) is 31.8 Å². The van der Waals surface area contributed by atoms with Gasteiger partial charge in [0, 0.05) is 25.2 Å². The van der Waals surface area contributed by atoms with Crippen molar-refractivity contribution in [2.24, 2.45) is 7.05 Å². The van der Waals surface area contributed by atoms with Crippen LogP contribution in [-0.4, -0.2) is 32.3 Å². The molecule has 2 heterocycles. The first-order chi connectivity index (χ1) is 12.6. The molecule has 0 N–H and O–H groups in total. The Bertz CT molecular complexity index is 873. The molecule has 1 aromatic heterocycles. The van der Waals surface area contributed by atoms with Gasteiger partial charge < -0.3 is 4.57 Å². The third-order valence-corrected chi connectivity index (χ3v) is 5.39. The van der Waals surface area contributed by atoms with Crippen LogP contribution >= 0.6 is 0 Å². The van der Waals surface area contributed by atoms with E-state index in [1.807, 2.05) is 37.4 Å². The van der Waals surface area contributed by atoms with E-state index in [-0.39, 0.29) is 5.82 Å². The first kappa shape index (κ1) is 16.9. The number of rotatable bonds is 4. The average molecular weight is 350 g/mol. The van der Waals surface area contributed by atoms with Crippen LogP contribution in [-0.2, 0) is 13.6 Å². The first-order valence-corrected chi connectivity index (χ1v) is 9.05. The second-order valence-electron chi connectivity index (χ2n) is 7.13. The molecule has 134 valence electrons. The van der Waals surface area contributed by atoms with Gasteiger partial charge in [-0.3, -0.25) is 4.90 Å². The lowest BCUT2D eigenvalue weighted by molar-refractivity contribution is 0.249. The summed E-state index contributed by atoms with van der Waals surface area (Å²) in [5.74, 6) is 2.12. The van der Waals surface area contributed by atoms with Crippen molar-refractivity contribution in [3.05, 3.63) is 71.8 Å². The molecule has 4 nitrogen and oxygen atoms in total. The Balaban J connectivity index is 1.49. The summed E-state index contributed by atoms with van der Waals surface area (Å²) in [7, 11) is 2.02. The molecule has 0 amide bonds. The second-order valence-corrected chi connectivity index (χ2v) is 7.13. The van der Waals surface area contributed by atoms with Gasteiger partial charge in [-0.1, -0.05) is 42.5 Å². The molecule has 1 fully saturated rings. The zero-order chi connectivity index (χ0) is 18.1. The van der Waals surface area contributed by atoms with Gasteiger partial charge >= 0.3 is 0 Å². The number of hydrogen-bond acceptors (Lipinski definition) is 3. The summed E-state index contributed by atoms with van der Waals surface area (Å²) in [4.78, 5) is 2.44. The van der Waals surface area contributed by atoms with Gasteiger partial charge in [0.05, 0.1) is 6.54 Å². The smallest absolute Gasteiger partial charge is 0.163 e. The van der Waals surface area contributed by atoms with Crippen LogP contribution in [0.2, 0.25) is 0 Å². The van der Waals surface area contributed by atoms with Gasteiger partial charge in [0.15, 0.2) is 5.82 Å². The summed E-state index contributed by atoms with van der Waals surface area (Å²) in [6, 6.07) is 17.5. The Morgan fingerprint density at radius 1 is 1.04 bits per heavy atom. The van der Waals surface area contributed by atoms with E-state index in [4.69, 9.17) is 0 Å². The molecule has 4 rings (SSSR count). The summed E-state index contributed by atoms with van der Waals surface area (Å²) in [5, 5.41) is 8.81. The molecule has 0 bridgehead atoms. The van der Waals surface area contributed by atoms with Crippen molar-refractivity contribution >= 4 is 0 Å². The number of benzene rings is 2. The van der Waals surface area contributed by atoms with E-state index in [1.54, 1.807) is 12.1 Å². The molecular weight excluding hydrogens is 327 g/mol. The van der Waals surface area contributed by atoms with Crippen LogP contribution in [0.4, 0.5) is 4.39 Å². The maximum absolute atomic E-state index is 13.2. The lowest BCUT2D eigenvalue weighted by Gasteiger charge is -2.20. The van der Waals surface area contributed by atoms with Crippen LogP contribution < -0.4 is 0 Å². The maximum atomic E-state index is 13.2. The van der Waals surface area contributed by atoms with Crippen molar-refractivity contribution < 1.29 is 4.39 Å². The topological polar surface area (TPSA) is 34.0 Å². The predicted molar refractivity (Wildman–Crippen MR) is 100 cm³/mol. The van der Waals surface area contributed by atoms with Crippen LogP contribution in [0, 0.1) is 5.82 Å². The molecule has 0 aliphatic carbocycles. The Morgan fingerprint density at radius 3 is 2.50 bits per heavy atom. The monoisotopic (exact) mass is 350 g/mol. The molecule has 1 aliphatic rings. The predicted octanol–water partition coefficient (Wildman–Crippen LogP) is 4.00. The fourth-order valence-electron chi connectivity index (χ4n) is 3.81. The quantitative estimate of drug-likeness (QED) is 0.713. The van der Waals surface area contributed by atoms with Gasteiger partial charge in [0.1, 0.15) is 11.6 Å². The number of aromatic nitrogens is 3. The normalized spacial score (nSPS) is 20.6. The Kier molecular flexibility index (Phi) is 4.55. The highest BCUT2D eigenvalue weighted by molar-refractivity contribution is 5.54. The third kappa shape index (κ3) is 3.27. The van der Waals surface area contributed by atoms with Crippen molar-refractivity contribution in [3.63, 3.8) is 0 Å². The third-order valence-electron chi connectivity index (χ3n) is 5.39. The van der Waals surface area contributed by atoms with E-state index in [9.17, 15) is 4.39 Å². The van der Waals surface area contributed by atoms with Crippen molar-refractivity contribution in [1.29, 1.82) is 0 Å². The standard InChI is InChI=1S/C21H23FN4/c1-15-12-18(16-8-10-19(22)11-9-16)13-26(15)14-20-23-24-21(25(20)2)17-6-4-3-5-7-17/h3-11,15,18H,12-14H2,1-2H3/t15-,18-/m0/s1. The van der Waals surface area contributed by atoms with Gasteiger partial charge in [0.2, 0.25) is 0 Å². The molecule has 2 aromatic carbocycles. The number of hydrogen-bond donors (Lipinski definition) is 0. The summed E-state index contributed by atoms with van der Waals surface area (Å²) in [6.07, 6.45) is 1.08. The van der Waals surface area contributed by atoms with Gasteiger partial charge in [-0.15, -0.1) is 10.2 Å². The minimum atomic E-state index is -0.177. The van der Waals surface area contributed by atoms with Crippen LogP contribution in [0.25, 0.3) is 11.4 Å². The van der Waals surface area contributed by atoms with Crippen LogP contribution in [0.15, 0.2) is 54.6 Å². The fraction of sp³-hybridized carbons (Fsp3) is 0.333. The van der Waals surface area contributed by atoms with Gasteiger partial charge in [-0.25, -0.2) is 4.39 Å². The van der Waals surface area contributed by atoms with Crippen molar-refractivity contribution in [2.75, 3.05) is 6.54 Å². The molecular formula is C21H23FN4. The number of likely N-dealkylation sites (tertiary alicyclic amines) is 1. The van der Waals surface area contributed by atoms with E-state index >= 15 is 0 Å². The largest absolute Gasteiger partial charge is 0.313 e. The molecule has 0 spiro atoms. The molecule has 26 heavy (non-hydrogen) atoms. The molecule has 1 aliphatic heterocycles. The van der Waals surface area contributed by atoms with Crippen molar-refractivity contribution in [3.8, 4) is 11.4 Å². The molecule has 2 atom stereocenters. The minimum Gasteiger partial charge on any atom is -0.313 e. The van der Waals surface area contributed by atoms with E-state index in [0.29, 0.717) is 12.0 Å². The molecule has 5 heteroatoms. The minimum absolute atomic E-state index is 0.177. The Hall–Kier alpha value is -2.53. The average Bonchev–Trinajstić information content (AvgIpc) is 3.20. The van der Waals surface area contributed by atoms with Gasteiger partial charge in [0.25, 0.3) is 0 Å². The lowest BCUT2D eigenvalue weighted by atomic mass is 9.97. The second kappa shape index (κ2) is 7.00. The summed E-state index contributed by atoms with van der Waals surface area (Å²) in [5.41, 5.74) is 2.29. The van der Waals surface area contributed by atoms with Crippen LogP contribution in [0.3, 0.4) is 0 Å². The highest BCUT2D eigenvalue weighted by Crippen LogP contribution is 2.32. The SMILES string of the molecule is C[C@H]1C[C@H](c2ccc(F)cc2)CN1Cc1nnc(-c2ccccc2)n1C. The summed E-state index contributed by atoms with van der Waals surface area (Å²) >= 11 is 0. The van der Waals surface area contributed by atoms with E-state index < -0.39 is 0 Å². The zero-order valence-corrected chi connectivity index (χ0v) is 15.1. The Morgan fingerprint density at radius 2 is 1.77 bits per heavy atom. The first-order valence-electron chi connectivity index (χ1n) is 9.05. The lowest BCUT2D eigenvalue weighted by Crippen LogP contribution is -2.28. The fourth-order valence-corrected chi connectivity index (χ4v) is 3.81. The van der Waals surface area contributed by atoms with Crippen molar-refractivity contribution in [1.82, 2.24) is 19.7 Å². The van der Waals surface area contributed by atoms with Gasteiger partial charge in [-0.2, -0.15) is 0 Å². The van der Waals surface area contributed by atoms with Gasteiger partial charge in [-0.05, 0) is 37.0 Å². The summed E-state index contributed by atoms with van der Waals surface area (Å²) in [6.45, 7) is 3.98. The van der Waals surface area contributed by atoms with Crippen LogP contribution in [0.1, 0.15) is 30.7 Å². The van der Waals surface area contributed by atoms with E-state index in [1.165, 1.54) is 5.56 Å². The number of nitrogens with zero attached hydrogens (tertiary/aromatic N) is 4. The molecule has 1 saturated heterocycles. The Labute approximate surface area is 153 Å².